The molecule has 0 spiro atoms. The van der Waals surface area contributed by atoms with Crippen molar-refractivity contribution in [3.8, 4) is 11.5 Å². The summed E-state index contributed by atoms with van der Waals surface area (Å²) in [7, 11) is -7.90. The first kappa shape index (κ1) is 17.9. The average Bonchev–Trinajstić information content (AvgIpc) is 2.25. The third kappa shape index (κ3) is 4.44. The Bertz CT molecular complexity index is 662. The van der Waals surface area contributed by atoms with E-state index in [4.69, 9.17) is 46.4 Å². The van der Waals surface area contributed by atoms with Gasteiger partial charge in [-0.2, -0.15) is 16.8 Å². The van der Waals surface area contributed by atoms with Crippen LogP contribution in [0.25, 0.3) is 0 Å². The van der Waals surface area contributed by atoms with Crippen LogP contribution in [0.1, 0.15) is 0 Å². The Hall–Kier alpha value is -0.120. The SMILES string of the molecule is CS(=O)(=O)Oc1c(Cl)c(Cl)c(OS(C)(=O)=O)c(Cl)c1Cl. The lowest BCUT2D eigenvalue weighted by molar-refractivity contribution is 0.485. The van der Waals surface area contributed by atoms with Gasteiger partial charge in [-0.25, -0.2) is 0 Å². The molecule has 0 aliphatic rings. The monoisotopic (exact) mass is 402 g/mol. The van der Waals surface area contributed by atoms with Crippen LogP contribution >= 0.6 is 46.4 Å². The number of halogens is 4. The van der Waals surface area contributed by atoms with Crippen molar-refractivity contribution < 1.29 is 25.2 Å². The molecular formula is C8H6Cl4O6S2. The molecule has 6 nitrogen and oxygen atoms in total. The van der Waals surface area contributed by atoms with Crippen LogP contribution in [0.15, 0.2) is 0 Å². The first-order chi connectivity index (χ1) is 8.83. The average molecular weight is 404 g/mol. The van der Waals surface area contributed by atoms with Crippen molar-refractivity contribution >= 4 is 66.6 Å². The summed E-state index contributed by atoms with van der Waals surface area (Å²) in [5.74, 6) is -1.04. The fourth-order valence-corrected chi connectivity index (χ4v) is 3.13. The second-order valence-corrected chi connectivity index (χ2v) is 8.15. The molecule has 0 saturated heterocycles. The molecule has 114 valence electrons. The molecule has 1 aromatic carbocycles. The molecule has 0 unspecified atom stereocenters. The van der Waals surface area contributed by atoms with Gasteiger partial charge in [-0.3, -0.25) is 0 Å². The molecule has 0 aliphatic heterocycles. The van der Waals surface area contributed by atoms with E-state index < -0.39 is 51.8 Å². The molecule has 1 rings (SSSR count). The molecule has 0 N–H and O–H groups in total. The highest BCUT2D eigenvalue weighted by atomic mass is 35.5. The topological polar surface area (TPSA) is 86.7 Å². The molecular weight excluding hydrogens is 398 g/mol. The van der Waals surface area contributed by atoms with Crippen LogP contribution in [-0.4, -0.2) is 29.3 Å². The van der Waals surface area contributed by atoms with Crippen LogP contribution in [-0.2, 0) is 20.2 Å². The van der Waals surface area contributed by atoms with E-state index in [0.29, 0.717) is 0 Å². The van der Waals surface area contributed by atoms with Gasteiger partial charge in [-0.15, -0.1) is 0 Å². The fraction of sp³-hybridized carbons (Fsp3) is 0.250. The smallest absolute Gasteiger partial charge is 0.306 e. The number of rotatable bonds is 4. The third-order valence-electron chi connectivity index (χ3n) is 1.65. The Morgan fingerprint density at radius 1 is 0.650 bits per heavy atom. The Balaban J connectivity index is 3.57. The van der Waals surface area contributed by atoms with E-state index in [1.165, 1.54) is 0 Å². The molecule has 0 fully saturated rings. The van der Waals surface area contributed by atoms with E-state index in [9.17, 15) is 16.8 Å². The Labute approximate surface area is 135 Å². The Kier molecular flexibility index (Phi) is 5.32. The minimum Gasteiger partial charge on any atom is -0.379 e. The second kappa shape index (κ2) is 5.94. The maximum atomic E-state index is 11.1. The predicted molar refractivity (Wildman–Crippen MR) is 77.4 cm³/mol. The van der Waals surface area contributed by atoms with Crippen LogP contribution in [0.3, 0.4) is 0 Å². The largest absolute Gasteiger partial charge is 0.379 e. The van der Waals surface area contributed by atoms with E-state index in [2.05, 4.69) is 8.37 Å². The van der Waals surface area contributed by atoms with E-state index in [-0.39, 0.29) is 0 Å². The van der Waals surface area contributed by atoms with Gasteiger partial charge in [-0.1, -0.05) is 46.4 Å². The summed E-state index contributed by atoms with van der Waals surface area (Å²) in [5.41, 5.74) is 0. The maximum absolute atomic E-state index is 11.1. The summed E-state index contributed by atoms with van der Waals surface area (Å²) in [5, 5.41) is -1.81. The maximum Gasteiger partial charge on any atom is 0.306 e. The van der Waals surface area contributed by atoms with Crippen LogP contribution in [0, 0.1) is 0 Å². The molecule has 0 aliphatic carbocycles. The molecule has 20 heavy (non-hydrogen) atoms. The standard InChI is InChI=1S/C8H6Cl4O6S2/c1-19(13,14)17-7-3(9)5(11)8(6(12)4(7)10)18-20(2,15)16/h1-2H3. The van der Waals surface area contributed by atoms with Crippen LogP contribution < -0.4 is 8.37 Å². The summed E-state index contributed by atoms with van der Waals surface area (Å²) in [6.07, 6.45) is 1.50. The zero-order chi connectivity index (χ0) is 15.9. The quantitative estimate of drug-likeness (QED) is 0.567. The summed E-state index contributed by atoms with van der Waals surface area (Å²) in [4.78, 5) is 0. The van der Waals surface area contributed by atoms with Crippen molar-refractivity contribution in [1.29, 1.82) is 0 Å². The summed E-state index contributed by atoms with van der Waals surface area (Å²) in [6, 6.07) is 0. The van der Waals surface area contributed by atoms with Crippen molar-refractivity contribution in [2.24, 2.45) is 0 Å². The second-order valence-electron chi connectivity index (χ2n) is 3.49. The van der Waals surface area contributed by atoms with Gasteiger partial charge in [0, 0.05) is 0 Å². The van der Waals surface area contributed by atoms with Gasteiger partial charge >= 0.3 is 20.2 Å². The lowest BCUT2D eigenvalue weighted by Gasteiger charge is -2.14. The van der Waals surface area contributed by atoms with Crippen molar-refractivity contribution in [1.82, 2.24) is 0 Å². The normalized spacial score (nSPS) is 12.3. The first-order valence-electron chi connectivity index (χ1n) is 4.48. The third-order valence-corrected chi connectivity index (χ3v) is 4.23. The zero-order valence-corrected chi connectivity index (χ0v) is 14.4. The molecule has 0 heterocycles. The van der Waals surface area contributed by atoms with Gasteiger partial charge < -0.3 is 8.37 Å². The highest BCUT2D eigenvalue weighted by molar-refractivity contribution is 7.86. The minimum absolute atomic E-state index is 0.454. The van der Waals surface area contributed by atoms with Gasteiger partial charge in [0.05, 0.1) is 12.5 Å². The molecule has 0 saturated carbocycles. The summed E-state index contributed by atoms with van der Waals surface area (Å²) < 4.78 is 53.4. The lowest BCUT2D eigenvalue weighted by Crippen LogP contribution is -2.09. The molecule has 0 bridgehead atoms. The zero-order valence-electron chi connectivity index (χ0n) is 9.78. The predicted octanol–water partition coefficient (Wildman–Crippen LogP) is 2.98. The molecule has 0 amide bonds. The number of hydrogen-bond acceptors (Lipinski definition) is 6. The van der Waals surface area contributed by atoms with Crippen LogP contribution in [0.5, 0.6) is 11.5 Å². The summed E-state index contributed by atoms with van der Waals surface area (Å²) in [6.45, 7) is 0. The number of benzene rings is 1. The molecule has 0 radical (unpaired) electrons. The van der Waals surface area contributed by atoms with Crippen LogP contribution in [0.4, 0.5) is 0 Å². The van der Waals surface area contributed by atoms with Crippen molar-refractivity contribution in [3.05, 3.63) is 20.1 Å². The Morgan fingerprint density at radius 2 is 0.850 bits per heavy atom. The van der Waals surface area contributed by atoms with Crippen molar-refractivity contribution in [3.63, 3.8) is 0 Å². The van der Waals surface area contributed by atoms with Gasteiger partial charge in [0.1, 0.15) is 20.1 Å². The summed E-state index contributed by atoms with van der Waals surface area (Å²) >= 11 is 23.1. The highest BCUT2D eigenvalue weighted by Gasteiger charge is 2.26. The lowest BCUT2D eigenvalue weighted by atomic mass is 10.3. The molecule has 1 aromatic rings. The van der Waals surface area contributed by atoms with E-state index in [1.54, 1.807) is 0 Å². The number of hydrogen-bond donors (Lipinski definition) is 0. The van der Waals surface area contributed by atoms with Gasteiger partial charge in [0.15, 0.2) is 11.5 Å². The minimum atomic E-state index is -3.95. The van der Waals surface area contributed by atoms with Gasteiger partial charge in [0.25, 0.3) is 0 Å². The van der Waals surface area contributed by atoms with E-state index >= 15 is 0 Å². The fourth-order valence-electron chi connectivity index (χ4n) is 1.04. The van der Waals surface area contributed by atoms with Crippen molar-refractivity contribution in [2.45, 2.75) is 0 Å². The van der Waals surface area contributed by atoms with Gasteiger partial charge in [-0.05, 0) is 0 Å². The Morgan fingerprint density at radius 3 is 1.00 bits per heavy atom. The molecule has 0 atom stereocenters. The molecule has 0 aromatic heterocycles. The highest BCUT2D eigenvalue weighted by Crippen LogP contribution is 2.50. The van der Waals surface area contributed by atoms with E-state index in [0.717, 1.165) is 12.5 Å². The van der Waals surface area contributed by atoms with Crippen molar-refractivity contribution in [2.75, 3.05) is 12.5 Å². The molecule has 12 heteroatoms. The van der Waals surface area contributed by atoms with Crippen LogP contribution in [0.2, 0.25) is 20.1 Å². The first-order valence-corrected chi connectivity index (χ1v) is 9.63. The van der Waals surface area contributed by atoms with E-state index in [1.807, 2.05) is 0 Å². The van der Waals surface area contributed by atoms with Gasteiger partial charge in [0.2, 0.25) is 0 Å².